The number of hydrogen-bond acceptors (Lipinski definition) is 3. The molecular weight excluding hydrogens is 317 g/mol. The van der Waals surface area contributed by atoms with E-state index in [-0.39, 0.29) is 17.7 Å². The van der Waals surface area contributed by atoms with Crippen LogP contribution in [-0.4, -0.2) is 31.5 Å². The number of halogens is 1. The molecule has 1 saturated carbocycles. The van der Waals surface area contributed by atoms with Gasteiger partial charge in [-0.05, 0) is 74.9 Å². The van der Waals surface area contributed by atoms with Crippen LogP contribution in [0.2, 0.25) is 0 Å². The van der Waals surface area contributed by atoms with Gasteiger partial charge in [0, 0.05) is 12.1 Å². The van der Waals surface area contributed by atoms with E-state index >= 15 is 0 Å². The smallest absolute Gasteiger partial charge is 0.313 e. The second-order valence-electron chi connectivity index (χ2n) is 8.04. The second kappa shape index (κ2) is 7.28. The Morgan fingerprint density at radius 1 is 1.32 bits per heavy atom. The van der Waals surface area contributed by atoms with Crippen LogP contribution in [0, 0.1) is 29.5 Å². The molecule has 2 aliphatic carbocycles. The first-order valence-corrected chi connectivity index (χ1v) is 9.23. The van der Waals surface area contributed by atoms with Crippen molar-refractivity contribution in [3.63, 3.8) is 0 Å². The second-order valence-corrected chi connectivity index (χ2v) is 8.04. The zero-order valence-corrected chi connectivity index (χ0v) is 15.6. The van der Waals surface area contributed by atoms with Crippen molar-refractivity contribution in [2.75, 3.05) is 20.6 Å². The Labute approximate surface area is 149 Å². The Morgan fingerprint density at radius 3 is 2.76 bits per heavy atom. The summed E-state index contributed by atoms with van der Waals surface area (Å²) in [4.78, 5) is 14.0. The summed E-state index contributed by atoms with van der Waals surface area (Å²) in [5, 5.41) is 0. The Hall–Kier alpha value is -1.68. The molecule has 0 N–H and O–H groups in total. The molecule has 0 saturated heterocycles. The first-order chi connectivity index (χ1) is 11.8. The Kier molecular flexibility index (Phi) is 5.28. The topological polar surface area (TPSA) is 29.5 Å². The molecule has 4 heteroatoms. The molecule has 0 aliphatic heterocycles. The number of esters is 1. The van der Waals surface area contributed by atoms with Crippen LogP contribution in [0.25, 0.3) is 5.57 Å². The Bertz CT molecular complexity index is 680. The predicted molar refractivity (Wildman–Crippen MR) is 97.7 cm³/mol. The molecule has 3 nitrogen and oxygen atoms in total. The van der Waals surface area contributed by atoms with Crippen LogP contribution in [0.15, 0.2) is 24.3 Å². The lowest BCUT2D eigenvalue weighted by Gasteiger charge is -2.33. The third-order valence-corrected chi connectivity index (χ3v) is 5.40. The van der Waals surface area contributed by atoms with Crippen molar-refractivity contribution in [2.45, 2.75) is 33.1 Å². The van der Waals surface area contributed by atoms with E-state index in [0.29, 0.717) is 29.1 Å². The molecule has 0 heterocycles. The van der Waals surface area contributed by atoms with Gasteiger partial charge in [-0.25, -0.2) is 4.39 Å². The molecule has 1 aromatic carbocycles. The minimum Gasteiger partial charge on any atom is -0.426 e. The molecule has 1 fully saturated rings. The number of carbonyl (C=O) groups excluding carboxylic acids is 1. The average molecular weight is 345 g/mol. The van der Waals surface area contributed by atoms with Gasteiger partial charge >= 0.3 is 5.97 Å². The third-order valence-electron chi connectivity index (χ3n) is 5.40. The highest BCUT2D eigenvalue weighted by molar-refractivity contribution is 5.76. The lowest BCUT2D eigenvalue weighted by Crippen LogP contribution is -2.29. The van der Waals surface area contributed by atoms with Crippen LogP contribution >= 0.6 is 0 Å². The van der Waals surface area contributed by atoms with Crippen molar-refractivity contribution in [1.29, 1.82) is 0 Å². The van der Waals surface area contributed by atoms with Crippen molar-refractivity contribution in [2.24, 2.45) is 23.7 Å². The highest BCUT2D eigenvalue weighted by atomic mass is 19.1. The number of benzene rings is 1. The summed E-state index contributed by atoms with van der Waals surface area (Å²) in [6.45, 7) is 4.50. The van der Waals surface area contributed by atoms with E-state index in [0.717, 1.165) is 12.1 Å². The normalized spacial score (nSPS) is 25.4. The molecule has 25 heavy (non-hydrogen) atoms. The first-order valence-electron chi connectivity index (χ1n) is 9.23. The van der Waals surface area contributed by atoms with Crippen molar-refractivity contribution in [3.05, 3.63) is 35.7 Å². The lowest BCUT2D eigenvalue weighted by molar-refractivity contribution is -0.137. The van der Waals surface area contributed by atoms with Crippen LogP contribution in [-0.2, 0) is 4.79 Å². The molecule has 0 radical (unpaired) electrons. The van der Waals surface area contributed by atoms with Crippen LogP contribution < -0.4 is 4.74 Å². The molecule has 0 spiro atoms. The van der Waals surface area contributed by atoms with Crippen LogP contribution in [0.4, 0.5) is 4.39 Å². The first kappa shape index (κ1) is 18.1. The van der Waals surface area contributed by atoms with Gasteiger partial charge in [0.15, 0.2) is 0 Å². The van der Waals surface area contributed by atoms with Crippen molar-refractivity contribution >= 4 is 11.5 Å². The van der Waals surface area contributed by atoms with E-state index < -0.39 is 0 Å². The fourth-order valence-corrected chi connectivity index (χ4v) is 4.15. The van der Waals surface area contributed by atoms with Crippen LogP contribution in [0.3, 0.4) is 0 Å². The Balaban J connectivity index is 1.94. The zero-order valence-electron chi connectivity index (χ0n) is 15.6. The SMILES string of the molecule is CC(C)C(=O)Oc1ccc(F)c(C2=C[C@H]3CC[C@H](C3)[C@@H]2CN(C)C)c1. The molecule has 0 aromatic heterocycles. The highest BCUT2D eigenvalue weighted by Crippen LogP contribution is 2.48. The summed E-state index contributed by atoms with van der Waals surface area (Å²) >= 11 is 0. The number of hydrogen-bond donors (Lipinski definition) is 0. The molecule has 2 aliphatic rings. The highest BCUT2D eigenvalue weighted by Gasteiger charge is 2.38. The van der Waals surface area contributed by atoms with E-state index in [9.17, 15) is 9.18 Å². The van der Waals surface area contributed by atoms with Gasteiger partial charge in [0.1, 0.15) is 11.6 Å². The lowest BCUT2D eigenvalue weighted by atomic mass is 9.76. The number of rotatable bonds is 5. The summed E-state index contributed by atoms with van der Waals surface area (Å²) in [5.41, 5.74) is 1.69. The molecular formula is C21H28FNO2. The summed E-state index contributed by atoms with van der Waals surface area (Å²) in [7, 11) is 4.13. The number of carbonyl (C=O) groups is 1. The number of fused-ring (bicyclic) bond motifs is 2. The minimum atomic E-state index is -0.292. The van der Waals surface area contributed by atoms with Crippen molar-refractivity contribution < 1.29 is 13.9 Å². The molecule has 2 bridgehead atoms. The van der Waals surface area contributed by atoms with E-state index in [1.165, 1.54) is 31.4 Å². The van der Waals surface area contributed by atoms with Crippen LogP contribution in [0.1, 0.15) is 38.7 Å². The van der Waals surface area contributed by atoms with Gasteiger partial charge in [-0.15, -0.1) is 0 Å². The van der Waals surface area contributed by atoms with E-state index in [4.69, 9.17) is 4.74 Å². The van der Waals surface area contributed by atoms with Gasteiger partial charge in [0.2, 0.25) is 0 Å². The largest absolute Gasteiger partial charge is 0.426 e. The van der Waals surface area contributed by atoms with Gasteiger partial charge in [-0.2, -0.15) is 0 Å². The summed E-state index contributed by atoms with van der Waals surface area (Å²) < 4.78 is 20.0. The number of ether oxygens (including phenoxy) is 1. The quantitative estimate of drug-likeness (QED) is 0.586. The monoisotopic (exact) mass is 345 g/mol. The predicted octanol–water partition coefficient (Wildman–Crippen LogP) is 4.38. The zero-order chi connectivity index (χ0) is 18.1. The van der Waals surface area contributed by atoms with Crippen molar-refractivity contribution in [1.82, 2.24) is 4.90 Å². The maximum absolute atomic E-state index is 14.6. The third kappa shape index (κ3) is 3.95. The molecule has 3 rings (SSSR count). The van der Waals surface area contributed by atoms with E-state index in [1.807, 2.05) is 0 Å². The summed E-state index contributed by atoms with van der Waals surface area (Å²) in [6, 6.07) is 4.66. The fraction of sp³-hybridized carbons (Fsp3) is 0.571. The summed E-state index contributed by atoms with van der Waals surface area (Å²) in [5.74, 6) is 1.20. The fourth-order valence-electron chi connectivity index (χ4n) is 4.15. The van der Waals surface area contributed by atoms with Crippen molar-refractivity contribution in [3.8, 4) is 5.75 Å². The Morgan fingerprint density at radius 2 is 2.08 bits per heavy atom. The molecule has 1 aromatic rings. The van der Waals surface area contributed by atoms with E-state index in [2.05, 4.69) is 25.1 Å². The van der Waals surface area contributed by atoms with Gasteiger partial charge < -0.3 is 9.64 Å². The maximum atomic E-state index is 14.6. The molecule has 136 valence electrons. The van der Waals surface area contributed by atoms with Gasteiger partial charge in [-0.1, -0.05) is 19.9 Å². The van der Waals surface area contributed by atoms with Gasteiger partial charge in [0.05, 0.1) is 5.92 Å². The molecule has 3 atom stereocenters. The number of nitrogens with zero attached hydrogens (tertiary/aromatic N) is 1. The maximum Gasteiger partial charge on any atom is 0.313 e. The average Bonchev–Trinajstić information content (AvgIpc) is 2.94. The van der Waals surface area contributed by atoms with Gasteiger partial charge in [0.25, 0.3) is 0 Å². The van der Waals surface area contributed by atoms with E-state index in [1.54, 1.807) is 19.9 Å². The van der Waals surface area contributed by atoms with Crippen LogP contribution in [0.5, 0.6) is 5.75 Å². The minimum absolute atomic E-state index is 0.209. The molecule has 0 amide bonds. The van der Waals surface area contributed by atoms with Gasteiger partial charge in [-0.3, -0.25) is 4.79 Å². The standard InChI is InChI=1S/C21H28FNO2/c1-13(2)21(24)25-16-7-8-20(22)18(11-16)17-10-14-5-6-15(9-14)19(17)12-23(3)4/h7-8,10-11,13-15,19H,5-6,9,12H2,1-4H3/t14-,15+,19-/m0/s1. The number of allylic oxidation sites excluding steroid dienone is 1. The summed E-state index contributed by atoms with van der Waals surface area (Å²) in [6.07, 6.45) is 5.89. The molecule has 0 unspecified atom stereocenters.